The lowest BCUT2D eigenvalue weighted by Gasteiger charge is -2.11. The van der Waals surface area contributed by atoms with Crippen molar-refractivity contribution in [3.05, 3.63) is 45.3 Å². The average molecular weight is 384 g/mol. The molecule has 0 saturated heterocycles. The molecule has 7 heteroatoms. The first-order chi connectivity index (χ1) is 10.5. The van der Waals surface area contributed by atoms with Crippen LogP contribution in [0.3, 0.4) is 0 Å². The van der Waals surface area contributed by atoms with Gasteiger partial charge in [-0.1, -0.05) is 11.6 Å². The third-order valence-electron chi connectivity index (χ3n) is 2.89. The summed E-state index contributed by atoms with van der Waals surface area (Å²) in [6, 6.07) is 5.42. The van der Waals surface area contributed by atoms with Crippen LogP contribution in [-0.4, -0.2) is 22.4 Å². The summed E-state index contributed by atoms with van der Waals surface area (Å²) in [6.07, 6.45) is 1.89. The van der Waals surface area contributed by atoms with Gasteiger partial charge in [-0.15, -0.1) is 0 Å². The Balaban J connectivity index is 2.13. The molecule has 0 aromatic carbocycles. The number of carbonyl (C=O) groups excluding carboxylic acids is 1. The van der Waals surface area contributed by atoms with E-state index in [1.165, 1.54) is 0 Å². The van der Waals surface area contributed by atoms with Crippen LogP contribution >= 0.6 is 27.5 Å². The third kappa shape index (κ3) is 4.42. The first-order valence-electron chi connectivity index (χ1n) is 6.81. The maximum absolute atomic E-state index is 12.2. The molecule has 0 fully saturated rings. The van der Waals surface area contributed by atoms with E-state index in [-0.39, 0.29) is 17.5 Å². The van der Waals surface area contributed by atoms with Gasteiger partial charge in [0.2, 0.25) is 5.91 Å². The minimum Gasteiger partial charge on any atom is -0.370 e. The number of aromatic nitrogens is 2. The summed E-state index contributed by atoms with van der Waals surface area (Å²) in [4.78, 5) is 20.6. The van der Waals surface area contributed by atoms with Gasteiger partial charge in [-0.2, -0.15) is 0 Å². The van der Waals surface area contributed by atoms with E-state index in [0.717, 1.165) is 22.3 Å². The van der Waals surface area contributed by atoms with Crippen LogP contribution in [0.15, 0.2) is 28.9 Å². The maximum atomic E-state index is 12.2. The molecule has 5 nitrogen and oxygen atoms in total. The van der Waals surface area contributed by atoms with E-state index < -0.39 is 0 Å². The summed E-state index contributed by atoms with van der Waals surface area (Å²) >= 11 is 9.40. The van der Waals surface area contributed by atoms with Gasteiger partial charge in [-0.05, 0) is 48.0 Å². The minimum atomic E-state index is -0.174. The number of nitrogens with zero attached hydrogens (tertiary/aromatic N) is 2. The van der Waals surface area contributed by atoms with Crippen molar-refractivity contribution in [3.8, 4) is 0 Å². The zero-order chi connectivity index (χ0) is 16.1. The number of pyridine rings is 2. The molecule has 0 aliphatic rings. The summed E-state index contributed by atoms with van der Waals surface area (Å²) < 4.78 is 0.826. The largest absolute Gasteiger partial charge is 0.370 e. The van der Waals surface area contributed by atoms with Crippen LogP contribution in [0.5, 0.6) is 0 Å². The average Bonchev–Trinajstić information content (AvgIpc) is 2.45. The highest BCUT2D eigenvalue weighted by atomic mass is 79.9. The van der Waals surface area contributed by atoms with Gasteiger partial charge < -0.3 is 10.6 Å². The van der Waals surface area contributed by atoms with Crippen LogP contribution in [0.4, 0.5) is 11.5 Å². The van der Waals surface area contributed by atoms with Crippen LogP contribution in [0, 0.1) is 6.92 Å². The van der Waals surface area contributed by atoms with Crippen molar-refractivity contribution in [3.63, 3.8) is 0 Å². The molecule has 1 amide bonds. The topological polar surface area (TPSA) is 66.9 Å². The van der Waals surface area contributed by atoms with Gasteiger partial charge in [-0.3, -0.25) is 4.79 Å². The SMILES string of the molecule is CCNc1ncc(Br)cc1CC(=O)Nc1ccc(C)nc1Cl. The van der Waals surface area contributed by atoms with Crippen LogP contribution in [0.2, 0.25) is 5.15 Å². The zero-order valence-corrected chi connectivity index (χ0v) is 14.6. The number of rotatable bonds is 5. The molecule has 0 aliphatic heterocycles. The second kappa shape index (κ2) is 7.56. The van der Waals surface area contributed by atoms with Gasteiger partial charge in [0.05, 0.1) is 12.1 Å². The summed E-state index contributed by atoms with van der Waals surface area (Å²) in [5, 5.41) is 6.20. The monoisotopic (exact) mass is 382 g/mol. The highest BCUT2D eigenvalue weighted by Gasteiger charge is 2.12. The van der Waals surface area contributed by atoms with Gasteiger partial charge in [0.15, 0.2) is 5.15 Å². The van der Waals surface area contributed by atoms with E-state index in [4.69, 9.17) is 11.6 Å². The number of aryl methyl sites for hydroxylation is 1. The van der Waals surface area contributed by atoms with Crippen molar-refractivity contribution < 1.29 is 4.79 Å². The fourth-order valence-electron chi connectivity index (χ4n) is 1.93. The molecule has 0 unspecified atom stereocenters. The summed E-state index contributed by atoms with van der Waals surface area (Å²) in [5.74, 6) is 0.528. The van der Waals surface area contributed by atoms with Crippen molar-refractivity contribution in [1.82, 2.24) is 9.97 Å². The van der Waals surface area contributed by atoms with E-state index in [9.17, 15) is 4.79 Å². The summed E-state index contributed by atoms with van der Waals surface area (Å²) in [5.41, 5.74) is 2.11. The van der Waals surface area contributed by atoms with Gasteiger partial charge in [0.25, 0.3) is 0 Å². The van der Waals surface area contributed by atoms with Gasteiger partial charge in [0.1, 0.15) is 5.82 Å². The molecule has 116 valence electrons. The molecule has 2 aromatic heterocycles. The predicted octanol–water partition coefficient (Wildman–Crippen LogP) is 3.81. The molecular weight excluding hydrogens is 368 g/mol. The van der Waals surface area contributed by atoms with Crippen molar-refractivity contribution in [2.75, 3.05) is 17.2 Å². The fraction of sp³-hybridized carbons (Fsp3) is 0.267. The molecule has 0 bridgehead atoms. The Morgan fingerprint density at radius 3 is 2.86 bits per heavy atom. The second-order valence-corrected chi connectivity index (χ2v) is 5.98. The highest BCUT2D eigenvalue weighted by Crippen LogP contribution is 2.21. The Kier molecular flexibility index (Phi) is 5.74. The van der Waals surface area contributed by atoms with E-state index in [0.29, 0.717) is 11.5 Å². The van der Waals surface area contributed by atoms with E-state index in [1.54, 1.807) is 18.3 Å². The highest BCUT2D eigenvalue weighted by molar-refractivity contribution is 9.10. The lowest BCUT2D eigenvalue weighted by molar-refractivity contribution is -0.115. The van der Waals surface area contributed by atoms with Crippen molar-refractivity contribution in [2.45, 2.75) is 20.3 Å². The number of nitrogens with one attached hydrogen (secondary N) is 2. The van der Waals surface area contributed by atoms with E-state index >= 15 is 0 Å². The van der Waals surface area contributed by atoms with E-state index in [2.05, 4.69) is 36.5 Å². The second-order valence-electron chi connectivity index (χ2n) is 4.71. The predicted molar refractivity (Wildman–Crippen MR) is 92.4 cm³/mol. The van der Waals surface area contributed by atoms with Crippen LogP contribution in [-0.2, 0) is 11.2 Å². The lowest BCUT2D eigenvalue weighted by Crippen LogP contribution is -2.16. The van der Waals surface area contributed by atoms with Crippen molar-refractivity contribution in [2.24, 2.45) is 0 Å². The number of hydrogen-bond acceptors (Lipinski definition) is 4. The standard InChI is InChI=1S/C15H16BrClN4O/c1-3-18-15-10(6-11(16)8-19-15)7-13(22)21-12-5-4-9(2)20-14(12)17/h4-6,8H,3,7H2,1-2H3,(H,18,19)(H,21,22). The molecule has 2 aromatic rings. The first kappa shape index (κ1) is 16.7. The Morgan fingerprint density at radius 1 is 1.41 bits per heavy atom. The molecule has 0 atom stereocenters. The Bertz CT molecular complexity index is 693. The van der Waals surface area contributed by atoms with Gasteiger partial charge >= 0.3 is 0 Å². The van der Waals surface area contributed by atoms with Gasteiger partial charge in [-0.25, -0.2) is 9.97 Å². The molecule has 2 N–H and O–H groups in total. The Labute approximate surface area is 142 Å². The molecule has 2 heterocycles. The molecule has 0 radical (unpaired) electrons. The normalized spacial score (nSPS) is 10.4. The molecule has 0 saturated carbocycles. The van der Waals surface area contributed by atoms with Gasteiger partial charge in [0, 0.05) is 28.5 Å². The quantitative estimate of drug-likeness (QED) is 0.770. The molecule has 0 aliphatic carbocycles. The smallest absolute Gasteiger partial charge is 0.229 e. The molecule has 22 heavy (non-hydrogen) atoms. The third-order valence-corrected chi connectivity index (χ3v) is 3.61. The summed E-state index contributed by atoms with van der Waals surface area (Å²) in [7, 11) is 0. The summed E-state index contributed by atoms with van der Waals surface area (Å²) in [6.45, 7) is 4.55. The number of anilines is 2. The first-order valence-corrected chi connectivity index (χ1v) is 7.98. The fourth-order valence-corrected chi connectivity index (χ4v) is 2.55. The van der Waals surface area contributed by atoms with Crippen LogP contribution in [0.1, 0.15) is 18.2 Å². The number of carbonyl (C=O) groups is 1. The van der Waals surface area contributed by atoms with Crippen LogP contribution < -0.4 is 10.6 Å². The molecule has 0 spiro atoms. The molecule has 2 rings (SSSR count). The van der Waals surface area contributed by atoms with Crippen LogP contribution in [0.25, 0.3) is 0 Å². The van der Waals surface area contributed by atoms with E-state index in [1.807, 2.05) is 19.9 Å². The Morgan fingerprint density at radius 2 is 2.18 bits per heavy atom. The number of amides is 1. The number of hydrogen-bond donors (Lipinski definition) is 2. The number of halogens is 2. The maximum Gasteiger partial charge on any atom is 0.229 e. The minimum absolute atomic E-state index is 0.174. The zero-order valence-electron chi connectivity index (χ0n) is 12.3. The lowest BCUT2D eigenvalue weighted by atomic mass is 10.1. The Hall–Kier alpha value is -1.66. The van der Waals surface area contributed by atoms with Crippen molar-refractivity contribution in [1.29, 1.82) is 0 Å². The van der Waals surface area contributed by atoms with Crippen molar-refractivity contribution >= 4 is 44.9 Å². The molecular formula is C15H16BrClN4O.